The van der Waals surface area contributed by atoms with Crippen molar-refractivity contribution in [2.24, 2.45) is 0 Å². The lowest BCUT2D eigenvalue weighted by Crippen LogP contribution is -2.50. The molecule has 2 atom stereocenters. The molecule has 0 aliphatic carbocycles. The summed E-state index contributed by atoms with van der Waals surface area (Å²) in [4.78, 5) is 26.8. The molecule has 8 nitrogen and oxygen atoms in total. The summed E-state index contributed by atoms with van der Waals surface area (Å²) < 4.78 is 15.5. The predicted molar refractivity (Wildman–Crippen MR) is 74.9 cm³/mol. The Kier molecular flexibility index (Phi) is 5.68. The van der Waals surface area contributed by atoms with Crippen LogP contribution in [0, 0.1) is 0 Å². The third kappa shape index (κ3) is 4.40. The molecule has 1 fully saturated rings. The standard InChI is InChI=1S/C14H18N2O6/c1-20-12-6-9(2-4-15-12)14(19)16-10-3-5-21-7-11(10)22-8-13(17)18/h2,4,6,10-11H,3,5,7-8H2,1H3,(H,16,19)(H,17,18)/t10-,11-/m1/s1. The minimum Gasteiger partial charge on any atom is -0.481 e. The van der Waals surface area contributed by atoms with Crippen molar-refractivity contribution >= 4 is 11.9 Å². The quantitative estimate of drug-likeness (QED) is 0.766. The molecule has 1 amide bonds. The van der Waals surface area contributed by atoms with E-state index in [2.05, 4.69) is 10.3 Å². The van der Waals surface area contributed by atoms with Gasteiger partial charge in [0.2, 0.25) is 5.88 Å². The number of nitrogens with one attached hydrogen (secondary N) is 1. The number of hydrogen-bond acceptors (Lipinski definition) is 6. The Hall–Kier alpha value is -2.19. The molecule has 120 valence electrons. The molecule has 2 heterocycles. The van der Waals surface area contributed by atoms with Gasteiger partial charge in [-0.1, -0.05) is 0 Å². The van der Waals surface area contributed by atoms with Gasteiger partial charge in [-0.3, -0.25) is 4.79 Å². The zero-order chi connectivity index (χ0) is 15.9. The first-order valence-electron chi connectivity index (χ1n) is 6.82. The number of ether oxygens (including phenoxy) is 3. The van der Waals surface area contributed by atoms with Gasteiger partial charge in [0.05, 0.1) is 19.8 Å². The second kappa shape index (κ2) is 7.71. The number of carbonyl (C=O) groups is 2. The highest BCUT2D eigenvalue weighted by molar-refractivity contribution is 5.94. The smallest absolute Gasteiger partial charge is 0.329 e. The molecule has 0 spiro atoms. The highest BCUT2D eigenvalue weighted by atomic mass is 16.5. The van der Waals surface area contributed by atoms with Gasteiger partial charge in [-0.05, 0) is 12.5 Å². The molecule has 0 radical (unpaired) electrons. The molecule has 1 aromatic rings. The first-order chi connectivity index (χ1) is 10.6. The van der Waals surface area contributed by atoms with Gasteiger partial charge in [-0.25, -0.2) is 9.78 Å². The van der Waals surface area contributed by atoms with E-state index in [9.17, 15) is 9.59 Å². The van der Waals surface area contributed by atoms with Crippen LogP contribution in [0.15, 0.2) is 18.3 Å². The third-order valence-corrected chi connectivity index (χ3v) is 3.25. The number of hydrogen-bond donors (Lipinski definition) is 2. The molecule has 22 heavy (non-hydrogen) atoms. The fourth-order valence-electron chi connectivity index (χ4n) is 2.13. The fourth-order valence-corrected chi connectivity index (χ4v) is 2.13. The van der Waals surface area contributed by atoms with Crippen molar-refractivity contribution in [1.29, 1.82) is 0 Å². The summed E-state index contributed by atoms with van der Waals surface area (Å²) in [5.41, 5.74) is 0.412. The average molecular weight is 310 g/mol. The number of carbonyl (C=O) groups excluding carboxylic acids is 1. The molecule has 1 aliphatic heterocycles. The molecule has 1 aliphatic rings. The number of pyridine rings is 1. The van der Waals surface area contributed by atoms with E-state index in [0.717, 1.165) is 0 Å². The van der Waals surface area contributed by atoms with E-state index in [1.54, 1.807) is 6.07 Å². The van der Waals surface area contributed by atoms with Gasteiger partial charge in [0, 0.05) is 24.4 Å². The van der Waals surface area contributed by atoms with Gasteiger partial charge in [-0.15, -0.1) is 0 Å². The molecule has 0 bridgehead atoms. The van der Waals surface area contributed by atoms with Crippen LogP contribution in [0.25, 0.3) is 0 Å². The Morgan fingerprint density at radius 2 is 2.36 bits per heavy atom. The van der Waals surface area contributed by atoms with E-state index in [0.29, 0.717) is 24.5 Å². The maximum Gasteiger partial charge on any atom is 0.329 e. The lowest BCUT2D eigenvalue weighted by molar-refractivity contribution is -0.148. The Bertz CT molecular complexity index is 536. The van der Waals surface area contributed by atoms with Crippen LogP contribution in [0.3, 0.4) is 0 Å². The highest BCUT2D eigenvalue weighted by Crippen LogP contribution is 2.14. The number of amides is 1. The largest absolute Gasteiger partial charge is 0.481 e. The van der Waals surface area contributed by atoms with E-state index in [1.165, 1.54) is 19.4 Å². The maximum atomic E-state index is 12.3. The lowest BCUT2D eigenvalue weighted by atomic mass is 10.1. The van der Waals surface area contributed by atoms with Gasteiger partial charge in [-0.2, -0.15) is 0 Å². The average Bonchev–Trinajstić information content (AvgIpc) is 2.54. The van der Waals surface area contributed by atoms with Crippen LogP contribution < -0.4 is 10.1 Å². The molecule has 0 saturated carbocycles. The van der Waals surface area contributed by atoms with Gasteiger partial charge < -0.3 is 24.6 Å². The molecule has 2 N–H and O–H groups in total. The topological polar surface area (TPSA) is 107 Å². The fraction of sp³-hybridized carbons (Fsp3) is 0.500. The molecular formula is C14H18N2O6. The number of methoxy groups -OCH3 is 1. The van der Waals surface area contributed by atoms with Crippen LogP contribution in [0.1, 0.15) is 16.8 Å². The molecule has 1 aromatic heterocycles. The van der Waals surface area contributed by atoms with E-state index in [-0.39, 0.29) is 18.6 Å². The second-order valence-corrected chi connectivity index (χ2v) is 4.77. The van der Waals surface area contributed by atoms with Crippen LogP contribution >= 0.6 is 0 Å². The normalized spacial score (nSPS) is 21.1. The molecule has 8 heteroatoms. The van der Waals surface area contributed by atoms with Crippen LogP contribution in [0.4, 0.5) is 0 Å². The Morgan fingerprint density at radius 1 is 1.55 bits per heavy atom. The van der Waals surface area contributed by atoms with Crippen molar-refractivity contribution in [2.75, 3.05) is 26.9 Å². The lowest BCUT2D eigenvalue weighted by Gasteiger charge is -2.31. The summed E-state index contributed by atoms with van der Waals surface area (Å²) in [5, 5.41) is 11.5. The predicted octanol–water partition coefficient (Wildman–Crippen LogP) is 0.0787. The minimum absolute atomic E-state index is 0.248. The minimum atomic E-state index is -1.06. The molecule has 2 rings (SSSR count). The van der Waals surface area contributed by atoms with Crippen molar-refractivity contribution in [3.05, 3.63) is 23.9 Å². The first kappa shape index (κ1) is 16.2. The van der Waals surface area contributed by atoms with E-state index >= 15 is 0 Å². The molecule has 0 unspecified atom stereocenters. The summed E-state index contributed by atoms with van der Waals surface area (Å²) in [5.74, 6) is -1.01. The summed E-state index contributed by atoms with van der Waals surface area (Å²) in [7, 11) is 1.47. The van der Waals surface area contributed by atoms with Crippen molar-refractivity contribution < 1.29 is 28.9 Å². The number of rotatable bonds is 6. The van der Waals surface area contributed by atoms with Crippen molar-refractivity contribution in [3.8, 4) is 5.88 Å². The first-order valence-corrected chi connectivity index (χ1v) is 6.82. The summed E-state index contributed by atoms with van der Waals surface area (Å²) >= 11 is 0. The zero-order valence-electron chi connectivity index (χ0n) is 12.2. The van der Waals surface area contributed by atoms with Crippen molar-refractivity contribution in [3.63, 3.8) is 0 Å². The number of aromatic nitrogens is 1. The van der Waals surface area contributed by atoms with Crippen LogP contribution in [-0.4, -0.2) is 61.0 Å². The zero-order valence-corrected chi connectivity index (χ0v) is 12.2. The van der Waals surface area contributed by atoms with Gasteiger partial charge >= 0.3 is 5.97 Å². The van der Waals surface area contributed by atoms with Crippen LogP contribution in [0.2, 0.25) is 0 Å². The number of carboxylic acids is 1. The third-order valence-electron chi connectivity index (χ3n) is 3.25. The Labute approximate surface area is 127 Å². The van der Waals surface area contributed by atoms with Crippen molar-refractivity contribution in [2.45, 2.75) is 18.6 Å². The number of nitrogens with zero attached hydrogens (tertiary/aromatic N) is 1. The SMILES string of the molecule is COc1cc(C(=O)N[C@@H]2CCOC[C@H]2OCC(=O)O)ccn1. The summed E-state index contributed by atoms with van der Waals surface area (Å²) in [6.45, 7) is 0.304. The molecular weight excluding hydrogens is 292 g/mol. The number of aliphatic carboxylic acids is 1. The Balaban J connectivity index is 1.99. The van der Waals surface area contributed by atoms with Gasteiger partial charge in [0.1, 0.15) is 12.7 Å². The molecule has 0 aromatic carbocycles. The van der Waals surface area contributed by atoms with E-state index < -0.39 is 18.7 Å². The van der Waals surface area contributed by atoms with E-state index in [1.807, 2.05) is 0 Å². The van der Waals surface area contributed by atoms with Gasteiger partial charge in [0.25, 0.3) is 5.91 Å². The highest BCUT2D eigenvalue weighted by Gasteiger charge is 2.28. The second-order valence-electron chi connectivity index (χ2n) is 4.77. The van der Waals surface area contributed by atoms with Crippen LogP contribution in [0.5, 0.6) is 5.88 Å². The van der Waals surface area contributed by atoms with Crippen molar-refractivity contribution in [1.82, 2.24) is 10.3 Å². The molecule has 1 saturated heterocycles. The van der Waals surface area contributed by atoms with Crippen LogP contribution in [-0.2, 0) is 14.3 Å². The Morgan fingerprint density at radius 3 is 3.09 bits per heavy atom. The van der Waals surface area contributed by atoms with E-state index in [4.69, 9.17) is 19.3 Å². The monoisotopic (exact) mass is 310 g/mol. The van der Waals surface area contributed by atoms with Gasteiger partial charge in [0.15, 0.2) is 0 Å². The summed E-state index contributed by atoms with van der Waals surface area (Å²) in [6, 6.07) is 2.80. The maximum absolute atomic E-state index is 12.3. The summed E-state index contributed by atoms with van der Waals surface area (Å²) in [6.07, 6.45) is 1.55. The number of carboxylic acid groups (broad SMARTS) is 1.